The first kappa shape index (κ1) is 10.9. The number of halogens is 2. The maximum Gasteiger partial charge on any atom is 0.312 e. The Hall–Kier alpha value is -1.13. The Morgan fingerprint density at radius 3 is 2.71 bits per heavy atom. The van der Waals surface area contributed by atoms with Crippen molar-refractivity contribution in [2.45, 2.75) is 5.92 Å². The van der Waals surface area contributed by atoms with Crippen molar-refractivity contribution in [1.29, 1.82) is 0 Å². The van der Waals surface area contributed by atoms with Gasteiger partial charge in [0.05, 0.1) is 5.92 Å². The number of carbonyl (C=O) groups is 1. The van der Waals surface area contributed by atoms with Crippen molar-refractivity contribution in [2.75, 3.05) is 6.54 Å². The molecular weight excluding hydrogens is 209 g/mol. The van der Waals surface area contributed by atoms with E-state index < -0.39 is 17.7 Å². The molecule has 0 spiro atoms. The van der Waals surface area contributed by atoms with Gasteiger partial charge in [-0.1, -0.05) is 17.7 Å². The van der Waals surface area contributed by atoms with E-state index in [1.807, 2.05) is 0 Å². The molecule has 1 atom stereocenters. The van der Waals surface area contributed by atoms with Crippen LogP contribution in [0.2, 0.25) is 5.02 Å². The fraction of sp³-hybridized carbons (Fsp3) is 0.222. The van der Waals surface area contributed by atoms with Crippen LogP contribution in [0.15, 0.2) is 18.2 Å². The second kappa shape index (κ2) is 4.39. The molecule has 0 bridgehead atoms. The molecule has 3 nitrogen and oxygen atoms in total. The molecule has 1 aromatic carbocycles. The molecule has 0 radical (unpaired) electrons. The van der Waals surface area contributed by atoms with Gasteiger partial charge in [-0.3, -0.25) is 4.79 Å². The third-order valence-corrected chi connectivity index (χ3v) is 2.20. The Morgan fingerprint density at radius 2 is 2.29 bits per heavy atom. The minimum atomic E-state index is -1.07. The molecule has 0 saturated heterocycles. The predicted octanol–water partition coefficient (Wildman–Crippen LogP) is 1.61. The average molecular weight is 218 g/mol. The molecule has 76 valence electrons. The summed E-state index contributed by atoms with van der Waals surface area (Å²) in [6.07, 6.45) is 0. The maximum absolute atomic E-state index is 12.7. The van der Waals surface area contributed by atoms with E-state index in [1.54, 1.807) is 0 Å². The number of aliphatic carboxylic acids is 1. The number of carboxylic acids is 1. The van der Waals surface area contributed by atoms with Crippen molar-refractivity contribution in [3.8, 4) is 0 Å². The molecule has 0 aliphatic carbocycles. The highest BCUT2D eigenvalue weighted by Crippen LogP contribution is 2.24. The number of carboxylic acid groups (broad SMARTS) is 1. The van der Waals surface area contributed by atoms with Gasteiger partial charge in [-0.15, -0.1) is 0 Å². The van der Waals surface area contributed by atoms with Gasteiger partial charge in [-0.2, -0.15) is 0 Å². The first-order chi connectivity index (χ1) is 6.56. The summed E-state index contributed by atoms with van der Waals surface area (Å²) >= 11 is 5.69. The van der Waals surface area contributed by atoms with Crippen molar-refractivity contribution in [2.24, 2.45) is 5.73 Å². The quantitative estimate of drug-likeness (QED) is 0.809. The molecule has 0 fully saturated rings. The largest absolute Gasteiger partial charge is 0.481 e. The van der Waals surface area contributed by atoms with E-state index >= 15 is 0 Å². The summed E-state index contributed by atoms with van der Waals surface area (Å²) in [6.45, 7) is -0.0688. The summed E-state index contributed by atoms with van der Waals surface area (Å²) < 4.78 is 12.7. The standard InChI is InChI=1S/C9H9ClFNO2/c10-8-3-5(11)1-2-6(8)7(4-12)9(13)14/h1-3,7H,4,12H2,(H,13,14). The Bertz CT molecular complexity index is 357. The first-order valence-electron chi connectivity index (χ1n) is 3.94. The number of nitrogens with two attached hydrogens (primary N) is 1. The molecular formula is C9H9ClFNO2. The van der Waals surface area contributed by atoms with Crippen LogP contribution in [0, 0.1) is 5.82 Å². The van der Waals surface area contributed by atoms with E-state index in [4.69, 9.17) is 22.4 Å². The molecule has 0 amide bonds. The molecule has 14 heavy (non-hydrogen) atoms. The van der Waals surface area contributed by atoms with Crippen LogP contribution in [0.4, 0.5) is 4.39 Å². The van der Waals surface area contributed by atoms with E-state index in [0.717, 1.165) is 12.1 Å². The predicted molar refractivity (Wildman–Crippen MR) is 50.8 cm³/mol. The normalized spacial score (nSPS) is 12.5. The van der Waals surface area contributed by atoms with E-state index in [-0.39, 0.29) is 11.6 Å². The van der Waals surface area contributed by atoms with Gasteiger partial charge in [0, 0.05) is 11.6 Å². The van der Waals surface area contributed by atoms with Crippen molar-refractivity contribution < 1.29 is 14.3 Å². The van der Waals surface area contributed by atoms with E-state index in [0.29, 0.717) is 5.56 Å². The lowest BCUT2D eigenvalue weighted by Crippen LogP contribution is -2.21. The monoisotopic (exact) mass is 217 g/mol. The maximum atomic E-state index is 12.7. The fourth-order valence-corrected chi connectivity index (χ4v) is 1.44. The van der Waals surface area contributed by atoms with Crippen LogP contribution >= 0.6 is 11.6 Å². The Labute approximate surface area is 85.3 Å². The minimum absolute atomic E-state index is 0.0688. The average Bonchev–Trinajstić information content (AvgIpc) is 2.09. The second-order valence-electron chi connectivity index (χ2n) is 2.79. The summed E-state index contributed by atoms with van der Waals surface area (Å²) in [5, 5.41) is 8.87. The Balaban J connectivity index is 3.10. The van der Waals surface area contributed by atoms with Gasteiger partial charge in [0.2, 0.25) is 0 Å². The zero-order valence-corrected chi connectivity index (χ0v) is 7.96. The molecule has 1 rings (SSSR count). The van der Waals surface area contributed by atoms with Gasteiger partial charge in [0.1, 0.15) is 5.82 Å². The van der Waals surface area contributed by atoms with Gasteiger partial charge in [-0.25, -0.2) is 4.39 Å². The summed E-state index contributed by atoms with van der Waals surface area (Å²) in [5.74, 6) is -2.45. The summed E-state index contributed by atoms with van der Waals surface area (Å²) in [7, 11) is 0. The Morgan fingerprint density at radius 1 is 1.64 bits per heavy atom. The zero-order chi connectivity index (χ0) is 10.7. The molecule has 0 heterocycles. The van der Waals surface area contributed by atoms with E-state index in [1.165, 1.54) is 6.07 Å². The smallest absolute Gasteiger partial charge is 0.312 e. The van der Waals surface area contributed by atoms with Crippen molar-refractivity contribution in [3.63, 3.8) is 0 Å². The number of hydrogen-bond acceptors (Lipinski definition) is 2. The molecule has 5 heteroatoms. The van der Waals surface area contributed by atoms with Crippen LogP contribution in [-0.4, -0.2) is 17.6 Å². The van der Waals surface area contributed by atoms with Gasteiger partial charge < -0.3 is 10.8 Å². The molecule has 1 unspecified atom stereocenters. The molecule has 0 aliphatic rings. The highest BCUT2D eigenvalue weighted by molar-refractivity contribution is 6.31. The summed E-state index contributed by atoms with van der Waals surface area (Å²) in [4.78, 5) is 10.7. The minimum Gasteiger partial charge on any atom is -0.481 e. The van der Waals surface area contributed by atoms with Crippen LogP contribution in [0.5, 0.6) is 0 Å². The first-order valence-corrected chi connectivity index (χ1v) is 4.32. The molecule has 3 N–H and O–H groups in total. The van der Waals surface area contributed by atoms with Crippen molar-refractivity contribution in [3.05, 3.63) is 34.6 Å². The van der Waals surface area contributed by atoms with E-state index in [2.05, 4.69) is 0 Å². The third kappa shape index (κ3) is 2.21. The third-order valence-electron chi connectivity index (χ3n) is 1.87. The van der Waals surface area contributed by atoms with Crippen molar-refractivity contribution in [1.82, 2.24) is 0 Å². The number of hydrogen-bond donors (Lipinski definition) is 2. The van der Waals surface area contributed by atoms with Crippen LogP contribution < -0.4 is 5.73 Å². The fourth-order valence-electron chi connectivity index (χ4n) is 1.14. The van der Waals surface area contributed by atoms with Crippen molar-refractivity contribution >= 4 is 17.6 Å². The lowest BCUT2D eigenvalue weighted by molar-refractivity contribution is -0.138. The molecule has 1 aromatic rings. The highest BCUT2D eigenvalue weighted by atomic mass is 35.5. The van der Waals surface area contributed by atoms with Crippen LogP contribution in [0.3, 0.4) is 0 Å². The number of rotatable bonds is 3. The lowest BCUT2D eigenvalue weighted by atomic mass is 9.99. The molecule has 0 aliphatic heterocycles. The Kier molecular flexibility index (Phi) is 3.43. The zero-order valence-electron chi connectivity index (χ0n) is 7.21. The van der Waals surface area contributed by atoms with Gasteiger partial charge in [0.25, 0.3) is 0 Å². The summed E-state index contributed by atoms with van der Waals surface area (Å²) in [5.41, 5.74) is 5.62. The van der Waals surface area contributed by atoms with E-state index in [9.17, 15) is 9.18 Å². The lowest BCUT2D eigenvalue weighted by Gasteiger charge is -2.11. The number of benzene rings is 1. The topological polar surface area (TPSA) is 63.3 Å². The highest BCUT2D eigenvalue weighted by Gasteiger charge is 2.20. The van der Waals surface area contributed by atoms with Gasteiger partial charge in [-0.05, 0) is 17.7 Å². The van der Waals surface area contributed by atoms with Crippen LogP contribution in [-0.2, 0) is 4.79 Å². The molecule has 0 aromatic heterocycles. The van der Waals surface area contributed by atoms with Gasteiger partial charge in [0.15, 0.2) is 0 Å². The summed E-state index contributed by atoms with van der Waals surface area (Å²) in [6, 6.07) is 3.57. The van der Waals surface area contributed by atoms with Crippen LogP contribution in [0.25, 0.3) is 0 Å². The molecule has 0 saturated carbocycles. The SMILES string of the molecule is NCC(C(=O)O)c1ccc(F)cc1Cl. The van der Waals surface area contributed by atoms with Crippen LogP contribution in [0.1, 0.15) is 11.5 Å². The second-order valence-corrected chi connectivity index (χ2v) is 3.20. The van der Waals surface area contributed by atoms with Gasteiger partial charge >= 0.3 is 5.97 Å².